The molecular formula is C13H23ClN5O2-. The van der Waals surface area contributed by atoms with Crippen molar-refractivity contribution in [1.82, 2.24) is 25.2 Å². The maximum atomic E-state index is 12.7. The average Bonchev–Trinajstić information content (AvgIpc) is 2.88. The number of hydrogen-bond donors (Lipinski definition) is 2. The average molecular weight is 317 g/mol. The van der Waals surface area contributed by atoms with Crippen LogP contribution in [0.4, 0.5) is 0 Å². The van der Waals surface area contributed by atoms with Gasteiger partial charge >= 0.3 is 0 Å². The van der Waals surface area contributed by atoms with Gasteiger partial charge in [-0.2, -0.15) is 0 Å². The highest BCUT2D eigenvalue weighted by molar-refractivity contribution is 5.80. The number of nitrogens with zero attached hydrogens (tertiary/aromatic N) is 4. The van der Waals surface area contributed by atoms with Gasteiger partial charge in [0, 0.05) is 45.4 Å². The second-order valence-electron chi connectivity index (χ2n) is 5.43. The summed E-state index contributed by atoms with van der Waals surface area (Å²) in [6.45, 7) is 7.21. The van der Waals surface area contributed by atoms with Gasteiger partial charge in [-0.1, -0.05) is 19.1 Å². The van der Waals surface area contributed by atoms with E-state index >= 15 is 0 Å². The number of nitrogens with one attached hydrogen (secondary N) is 1. The molecule has 1 aromatic rings. The Morgan fingerprint density at radius 1 is 1.43 bits per heavy atom. The predicted octanol–water partition coefficient (Wildman–Crippen LogP) is -3.55. The van der Waals surface area contributed by atoms with Crippen LogP contribution in [0.2, 0.25) is 0 Å². The molecule has 1 aliphatic rings. The lowest BCUT2D eigenvalue weighted by Crippen LogP contribution is -3.00. The number of amides is 1. The molecule has 0 spiro atoms. The number of aliphatic hydroxyl groups excluding tert-OH is 1. The van der Waals surface area contributed by atoms with Gasteiger partial charge in [0.1, 0.15) is 6.04 Å². The molecule has 21 heavy (non-hydrogen) atoms. The highest BCUT2D eigenvalue weighted by atomic mass is 35.5. The smallest absolute Gasteiger partial charge is 0.247 e. The topological polar surface area (TPSA) is 83.3 Å². The van der Waals surface area contributed by atoms with Crippen LogP contribution in [0.15, 0.2) is 6.20 Å². The molecular weight excluding hydrogens is 294 g/mol. The monoisotopic (exact) mass is 316 g/mol. The lowest BCUT2D eigenvalue weighted by molar-refractivity contribution is -0.137. The lowest BCUT2D eigenvalue weighted by Gasteiger charge is -2.32. The summed E-state index contributed by atoms with van der Waals surface area (Å²) in [5.41, 5.74) is 0.714. The van der Waals surface area contributed by atoms with E-state index in [9.17, 15) is 4.79 Å². The molecule has 2 rings (SSSR count). The van der Waals surface area contributed by atoms with Crippen LogP contribution in [-0.4, -0.2) is 63.7 Å². The van der Waals surface area contributed by atoms with Gasteiger partial charge in [0.2, 0.25) is 5.91 Å². The maximum absolute atomic E-state index is 12.7. The minimum absolute atomic E-state index is 0. The molecule has 1 aliphatic heterocycles. The molecule has 1 saturated heterocycles. The van der Waals surface area contributed by atoms with Crippen molar-refractivity contribution >= 4 is 5.91 Å². The zero-order valence-electron chi connectivity index (χ0n) is 12.5. The number of carbonyl (C=O) groups excluding carboxylic acids is 1. The second kappa shape index (κ2) is 8.31. The molecule has 0 bridgehead atoms. The molecule has 1 aromatic heterocycles. The molecule has 2 N–H and O–H groups in total. The molecule has 8 heteroatoms. The van der Waals surface area contributed by atoms with Crippen LogP contribution in [0.1, 0.15) is 25.6 Å². The van der Waals surface area contributed by atoms with Crippen LogP contribution in [0, 0.1) is 5.92 Å². The van der Waals surface area contributed by atoms with Crippen LogP contribution in [-0.2, 0) is 11.2 Å². The van der Waals surface area contributed by atoms with E-state index in [1.165, 1.54) is 0 Å². The first-order valence-electron chi connectivity index (χ1n) is 7.14. The Balaban J connectivity index is 0.00000220. The van der Waals surface area contributed by atoms with Crippen molar-refractivity contribution in [1.29, 1.82) is 0 Å². The van der Waals surface area contributed by atoms with Crippen molar-refractivity contribution in [2.45, 2.75) is 26.3 Å². The quantitative estimate of drug-likeness (QED) is 0.588. The summed E-state index contributed by atoms with van der Waals surface area (Å²) >= 11 is 0. The molecule has 2 heterocycles. The fraction of sp³-hybridized carbons (Fsp3) is 0.769. The van der Waals surface area contributed by atoms with Crippen LogP contribution in [0.25, 0.3) is 0 Å². The molecule has 0 radical (unpaired) electrons. The van der Waals surface area contributed by atoms with Crippen molar-refractivity contribution in [3.63, 3.8) is 0 Å². The fourth-order valence-corrected chi connectivity index (χ4v) is 2.45. The van der Waals surface area contributed by atoms with E-state index in [1.807, 2.05) is 18.7 Å². The van der Waals surface area contributed by atoms with Gasteiger partial charge in [-0.15, -0.1) is 5.10 Å². The molecule has 1 unspecified atom stereocenters. The Kier molecular flexibility index (Phi) is 7.07. The Morgan fingerprint density at radius 2 is 2.10 bits per heavy atom. The summed E-state index contributed by atoms with van der Waals surface area (Å²) in [5.74, 6) is 0.239. The van der Waals surface area contributed by atoms with Crippen LogP contribution >= 0.6 is 0 Å². The normalized spacial score (nSPS) is 16.7. The van der Waals surface area contributed by atoms with Gasteiger partial charge in [-0.05, 0) is 5.92 Å². The van der Waals surface area contributed by atoms with Gasteiger partial charge in [0.15, 0.2) is 0 Å². The van der Waals surface area contributed by atoms with Crippen LogP contribution in [0.5, 0.6) is 0 Å². The highest BCUT2D eigenvalue weighted by Gasteiger charge is 2.30. The molecule has 0 saturated carbocycles. The third kappa shape index (κ3) is 4.39. The lowest BCUT2D eigenvalue weighted by atomic mass is 10.0. The summed E-state index contributed by atoms with van der Waals surface area (Å²) in [5, 5.41) is 20.2. The molecule has 1 atom stereocenters. The fourth-order valence-electron chi connectivity index (χ4n) is 2.45. The number of piperazine rings is 1. The Bertz CT molecular complexity index is 446. The third-order valence-corrected chi connectivity index (χ3v) is 3.52. The number of aromatic nitrogens is 3. The summed E-state index contributed by atoms with van der Waals surface area (Å²) in [6, 6.07) is -0.326. The number of halogens is 1. The van der Waals surface area contributed by atoms with Crippen molar-refractivity contribution in [2.24, 2.45) is 5.92 Å². The first kappa shape index (κ1) is 17.9. The van der Waals surface area contributed by atoms with Crippen molar-refractivity contribution in [3.8, 4) is 0 Å². The summed E-state index contributed by atoms with van der Waals surface area (Å²) < 4.78 is 1.64. The van der Waals surface area contributed by atoms with Gasteiger partial charge in [-0.3, -0.25) is 4.79 Å². The highest BCUT2D eigenvalue weighted by Crippen LogP contribution is 2.20. The van der Waals surface area contributed by atoms with Gasteiger partial charge in [0.05, 0.1) is 5.69 Å². The molecule has 1 amide bonds. The van der Waals surface area contributed by atoms with Crippen molar-refractivity contribution in [3.05, 3.63) is 11.9 Å². The zero-order valence-corrected chi connectivity index (χ0v) is 13.3. The molecule has 7 nitrogen and oxygen atoms in total. The number of rotatable bonds is 5. The molecule has 1 fully saturated rings. The van der Waals surface area contributed by atoms with E-state index in [1.54, 1.807) is 10.9 Å². The first-order valence-corrected chi connectivity index (χ1v) is 7.14. The number of hydrogen-bond acceptors (Lipinski definition) is 5. The summed E-state index contributed by atoms with van der Waals surface area (Å²) in [6.07, 6.45) is 2.23. The largest absolute Gasteiger partial charge is 1.00 e. The second-order valence-corrected chi connectivity index (χ2v) is 5.43. The number of carbonyl (C=O) groups is 1. The predicted molar refractivity (Wildman–Crippen MR) is 74.1 cm³/mol. The van der Waals surface area contributed by atoms with Crippen LogP contribution < -0.4 is 17.7 Å². The van der Waals surface area contributed by atoms with E-state index in [4.69, 9.17) is 5.11 Å². The molecule has 0 aliphatic carbocycles. The molecule has 0 aromatic carbocycles. The van der Waals surface area contributed by atoms with Crippen LogP contribution in [0.3, 0.4) is 0 Å². The van der Waals surface area contributed by atoms with E-state index in [0.717, 1.165) is 26.2 Å². The minimum atomic E-state index is -0.326. The Labute approximate surface area is 131 Å². The van der Waals surface area contributed by atoms with E-state index in [0.29, 0.717) is 12.1 Å². The summed E-state index contributed by atoms with van der Waals surface area (Å²) in [7, 11) is 0. The van der Waals surface area contributed by atoms with E-state index < -0.39 is 0 Å². The SMILES string of the molecule is CC(C)C(C(=O)N1CCNCC1)n1cc(CCO)nn1.[Cl-]. The van der Waals surface area contributed by atoms with Gasteiger partial charge < -0.3 is 27.7 Å². The standard InChI is InChI=1S/C13H23N5O2.ClH/c1-10(2)12(13(20)17-6-4-14-5-7-17)18-9-11(3-8-19)15-16-18;/h9-10,12,14,19H,3-8H2,1-2H3;1H/p-1. The maximum Gasteiger partial charge on any atom is 0.247 e. The summed E-state index contributed by atoms with van der Waals surface area (Å²) in [4.78, 5) is 14.6. The van der Waals surface area contributed by atoms with Gasteiger partial charge in [-0.25, -0.2) is 4.68 Å². The Hall–Kier alpha value is -1.18. The molecule has 120 valence electrons. The Morgan fingerprint density at radius 3 is 2.67 bits per heavy atom. The van der Waals surface area contributed by atoms with Crippen molar-refractivity contribution < 1.29 is 22.3 Å². The van der Waals surface area contributed by atoms with Gasteiger partial charge in [0.25, 0.3) is 0 Å². The third-order valence-electron chi connectivity index (χ3n) is 3.52. The first-order chi connectivity index (χ1) is 9.63. The van der Waals surface area contributed by atoms with Crippen molar-refractivity contribution in [2.75, 3.05) is 32.8 Å². The van der Waals surface area contributed by atoms with E-state index in [-0.39, 0.29) is 36.9 Å². The van der Waals surface area contributed by atoms with E-state index in [2.05, 4.69) is 15.6 Å². The zero-order chi connectivity index (χ0) is 14.5. The minimum Gasteiger partial charge on any atom is -1.00 e. The number of aliphatic hydroxyl groups is 1.